The number of aliphatic imine (C=N–C) groups is 1. The van der Waals surface area contributed by atoms with E-state index in [9.17, 15) is 8.42 Å². The van der Waals surface area contributed by atoms with Gasteiger partial charge in [0.05, 0.1) is 19.5 Å². The molecule has 25 heavy (non-hydrogen) atoms. The molecule has 0 amide bonds. The summed E-state index contributed by atoms with van der Waals surface area (Å²) in [5.74, 6) is 0.599. The van der Waals surface area contributed by atoms with Crippen molar-refractivity contribution in [2.75, 3.05) is 33.0 Å². The molecule has 0 atom stereocenters. The van der Waals surface area contributed by atoms with E-state index in [1.54, 1.807) is 20.9 Å². The lowest BCUT2D eigenvalue weighted by Crippen LogP contribution is -2.53. The zero-order chi connectivity index (χ0) is 18.1. The Hall–Kier alpha value is -0.910. The fourth-order valence-corrected chi connectivity index (χ4v) is 3.15. The molecule has 1 aromatic rings. The monoisotopic (exact) mass is 484 g/mol. The SMILES string of the molecule is CN=C(NCCOCc1ccccc1)NCC(C)(C)NS(C)(=O)=O.I. The highest BCUT2D eigenvalue weighted by Gasteiger charge is 2.22. The molecule has 144 valence electrons. The number of nitrogens with one attached hydrogen (secondary N) is 3. The van der Waals surface area contributed by atoms with E-state index >= 15 is 0 Å². The lowest BCUT2D eigenvalue weighted by Gasteiger charge is -2.26. The van der Waals surface area contributed by atoms with Gasteiger partial charge in [-0.2, -0.15) is 0 Å². The molecule has 1 aromatic carbocycles. The maximum absolute atomic E-state index is 11.3. The molecule has 0 aliphatic heterocycles. The van der Waals surface area contributed by atoms with Crippen LogP contribution in [0.4, 0.5) is 0 Å². The highest BCUT2D eigenvalue weighted by Crippen LogP contribution is 2.02. The second kappa shape index (κ2) is 11.7. The summed E-state index contributed by atoms with van der Waals surface area (Å²) in [7, 11) is -1.59. The van der Waals surface area contributed by atoms with Crippen molar-refractivity contribution >= 4 is 40.0 Å². The van der Waals surface area contributed by atoms with Crippen LogP contribution in [0.2, 0.25) is 0 Å². The quantitative estimate of drug-likeness (QED) is 0.213. The summed E-state index contributed by atoms with van der Waals surface area (Å²) in [6, 6.07) is 9.97. The van der Waals surface area contributed by atoms with Gasteiger partial charge in [-0.25, -0.2) is 13.1 Å². The number of rotatable bonds is 9. The van der Waals surface area contributed by atoms with Gasteiger partial charge in [0.25, 0.3) is 0 Å². The van der Waals surface area contributed by atoms with E-state index in [1.165, 1.54) is 0 Å². The minimum absolute atomic E-state index is 0. The van der Waals surface area contributed by atoms with Crippen LogP contribution in [0, 0.1) is 0 Å². The van der Waals surface area contributed by atoms with Gasteiger partial charge in [-0.05, 0) is 19.4 Å². The molecule has 0 aliphatic carbocycles. The second-order valence-corrected chi connectivity index (χ2v) is 7.90. The van der Waals surface area contributed by atoms with Crippen LogP contribution in [-0.4, -0.2) is 52.9 Å². The number of guanidine groups is 1. The van der Waals surface area contributed by atoms with Gasteiger partial charge in [-0.1, -0.05) is 30.3 Å². The Kier molecular flexibility index (Phi) is 11.2. The summed E-state index contributed by atoms with van der Waals surface area (Å²) in [4.78, 5) is 4.11. The molecule has 7 nitrogen and oxygen atoms in total. The van der Waals surface area contributed by atoms with Crippen molar-refractivity contribution in [1.82, 2.24) is 15.4 Å². The Morgan fingerprint density at radius 3 is 2.40 bits per heavy atom. The van der Waals surface area contributed by atoms with Gasteiger partial charge in [-0.3, -0.25) is 4.99 Å². The summed E-state index contributed by atoms with van der Waals surface area (Å²) in [6.45, 7) is 5.73. The van der Waals surface area contributed by atoms with Crippen LogP contribution >= 0.6 is 24.0 Å². The summed E-state index contributed by atoms with van der Waals surface area (Å²) in [5, 5.41) is 6.23. The first-order valence-electron chi connectivity index (χ1n) is 7.77. The fraction of sp³-hybridized carbons (Fsp3) is 0.562. The van der Waals surface area contributed by atoms with Gasteiger partial charge in [0, 0.05) is 25.7 Å². The molecule has 0 unspecified atom stereocenters. The highest BCUT2D eigenvalue weighted by atomic mass is 127. The molecule has 0 heterocycles. The van der Waals surface area contributed by atoms with Crippen molar-refractivity contribution < 1.29 is 13.2 Å². The molecule has 0 aliphatic rings. The van der Waals surface area contributed by atoms with E-state index in [-0.39, 0.29) is 24.0 Å². The molecule has 1 rings (SSSR count). The van der Waals surface area contributed by atoms with Crippen molar-refractivity contribution in [2.45, 2.75) is 26.0 Å². The lowest BCUT2D eigenvalue weighted by atomic mass is 10.1. The summed E-state index contributed by atoms with van der Waals surface area (Å²) in [6.07, 6.45) is 1.14. The molecule has 0 bridgehead atoms. The van der Waals surface area contributed by atoms with Gasteiger partial charge >= 0.3 is 0 Å². The van der Waals surface area contributed by atoms with Crippen LogP contribution in [0.15, 0.2) is 35.3 Å². The van der Waals surface area contributed by atoms with Crippen molar-refractivity contribution in [3.8, 4) is 0 Å². The maximum atomic E-state index is 11.3. The van der Waals surface area contributed by atoms with Crippen LogP contribution in [0.25, 0.3) is 0 Å². The smallest absolute Gasteiger partial charge is 0.209 e. The standard InChI is InChI=1S/C16H28N4O3S.HI/c1-16(2,20-24(4,21)22)13-19-15(17-3)18-10-11-23-12-14-8-6-5-7-9-14;/h5-9,20H,10-13H2,1-4H3,(H2,17,18,19);1H. The van der Waals surface area contributed by atoms with E-state index in [0.717, 1.165) is 11.8 Å². The Morgan fingerprint density at radius 1 is 1.20 bits per heavy atom. The largest absolute Gasteiger partial charge is 0.375 e. The first kappa shape index (κ1) is 24.1. The van der Waals surface area contributed by atoms with Crippen molar-refractivity contribution in [3.63, 3.8) is 0 Å². The zero-order valence-electron chi connectivity index (χ0n) is 15.2. The maximum Gasteiger partial charge on any atom is 0.209 e. The number of hydrogen-bond acceptors (Lipinski definition) is 4. The van der Waals surface area contributed by atoms with E-state index in [0.29, 0.717) is 32.3 Å². The number of halogens is 1. The second-order valence-electron chi connectivity index (χ2n) is 6.15. The molecule has 0 saturated carbocycles. The van der Waals surface area contributed by atoms with Crippen LogP contribution in [-0.2, 0) is 21.4 Å². The number of hydrogen-bond donors (Lipinski definition) is 3. The van der Waals surface area contributed by atoms with Crippen LogP contribution in [0.5, 0.6) is 0 Å². The number of sulfonamides is 1. The normalized spacial score (nSPS) is 12.4. The molecule has 0 fully saturated rings. The Bertz CT molecular complexity index is 622. The summed E-state index contributed by atoms with van der Waals surface area (Å²) < 4.78 is 30.8. The van der Waals surface area contributed by atoms with Gasteiger partial charge in [0.2, 0.25) is 10.0 Å². The van der Waals surface area contributed by atoms with E-state index < -0.39 is 15.6 Å². The molecular weight excluding hydrogens is 455 g/mol. The minimum atomic E-state index is -3.26. The Labute approximate surface area is 168 Å². The van der Waals surface area contributed by atoms with Gasteiger partial charge in [0.15, 0.2) is 5.96 Å². The topological polar surface area (TPSA) is 91.8 Å². The third kappa shape index (κ3) is 12.1. The minimum Gasteiger partial charge on any atom is -0.375 e. The van der Waals surface area contributed by atoms with Crippen LogP contribution in [0.3, 0.4) is 0 Å². The van der Waals surface area contributed by atoms with Gasteiger partial charge < -0.3 is 15.4 Å². The van der Waals surface area contributed by atoms with Crippen molar-refractivity contribution in [1.29, 1.82) is 0 Å². The van der Waals surface area contributed by atoms with Gasteiger partial charge in [0.1, 0.15) is 0 Å². The molecule has 0 radical (unpaired) electrons. The first-order valence-corrected chi connectivity index (χ1v) is 9.66. The fourth-order valence-electron chi connectivity index (χ4n) is 2.07. The number of nitrogens with zero attached hydrogens (tertiary/aromatic N) is 1. The molecule has 0 saturated heterocycles. The molecule has 3 N–H and O–H groups in total. The van der Waals surface area contributed by atoms with Crippen LogP contribution in [0.1, 0.15) is 19.4 Å². The highest BCUT2D eigenvalue weighted by molar-refractivity contribution is 14.0. The Balaban J connectivity index is 0.00000576. The average molecular weight is 484 g/mol. The first-order chi connectivity index (χ1) is 11.2. The third-order valence-corrected chi connectivity index (χ3v) is 3.96. The lowest BCUT2D eigenvalue weighted by molar-refractivity contribution is 0.125. The van der Waals surface area contributed by atoms with E-state index in [1.807, 2.05) is 30.3 Å². The molecular formula is C16H29IN4O3S. The van der Waals surface area contributed by atoms with E-state index in [4.69, 9.17) is 4.74 Å². The van der Waals surface area contributed by atoms with Crippen molar-refractivity contribution in [2.24, 2.45) is 4.99 Å². The predicted molar refractivity (Wildman–Crippen MR) is 113 cm³/mol. The average Bonchev–Trinajstić information content (AvgIpc) is 2.48. The molecule has 0 spiro atoms. The third-order valence-electron chi connectivity index (χ3n) is 3.03. The summed E-state index contributed by atoms with van der Waals surface area (Å²) in [5.41, 5.74) is 0.517. The number of ether oxygens (including phenoxy) is 1. The number of benzene rings is 1. The van der Waals surface area contributed by atoms with Crippen LogP contribution < -0.4 is 15.4 Å². The molecule has 0 aromatic heterocycles. The van der Waals surface area contributed by atoms with Gasteiger partial charge in [-0.15, -0.1) is 24.0 Å². The molecule has 9 heteroatoms. The Morgan fingerprint density at radius 2 is 1.84 bits per heavy atom. The van der Waals surface area contributed by atoms with Crippen molar-refractivity contribution in [3.05, 3.63) is 35.9 Å². The zero-order valence-corrected chi connectivity index (χ0v) is 18.4. The summed E-state index contributed by atoms with van der Waals surface area (Å²) >= 11 is 0. The predicted octanol–water partition coefficient (Wildman–Crippen LogP) is 1.31. The van der Waals surface area contributed by atoms with E-state index in [2.05, 4.69) is 20.3 Å².